The summed E-state index contributed by atoms with van der Waals surface area (Å²) in [4.78, 5) is 27.3. The summed E-state index contributed by atoms with van der Waals surface area (Å²) in [7, 11) is 0. The molecule has 4 fully saturated rings. The van der Waals surface area contributed by atoms with Gasteiger partial charge in [0.1, 0.15) is 18.0 Å². The number of anilines is 1. The first-order chi connectivity index (χ1) is 18.8. The van der Waals surface area contributed by atoms with E-state index in [0.29, 0.717) is 18.7 Å². The Bertz CT molecular complexity index is 1260. The van der Waals surface area contributed by atoms with E-state index in [1.165, 1.54) is 29.5 Å². The number of piperazine rings is 1. The van der Waals surface area contributed by atoms with Gasteiger partial charge >= 0.3 is 12.1 Å². The van der Waals surface area contributed by atoms with Crippen molar-refractivity contribution in [1.29, 1.82) is 0 Å². The number of piperidine rings is 1. The third-order valence-electron chi connectivity index (χ3n) is 9.54. The Morgan fingerprint density at radius 3 is 2.69 bits per heavy atom. The van der Waals surface area contributed by atoms with Crippen molar-refractivity contribution in [1.82, 2.24) is 20.2 Å². The van der Waals surface area contributed by atoms with Gasteiger partial charge in [-0.3, -0.25) is 4.90 Å². The number of fused-ring (bicyclic) bond motifs is 5. The van der Waals surface area contributed by atoms with Crippen molar-refractivity contribution < 1.29 is 14.3 Å². The topological polar surface area (TPSA) is 79.8 Å². The van der Waals surface area contributed by atoms with Gasteiger partial charge in [-0.15, -0.1) is 0 Å². The fraction of sp³-hybridized carbons (Fsp3) is 0.645. The molecule has 4 saturated heterocycles. The molecule has 39 heavy (non-hydrogen) atoms. The number of carbonyl (C=O) groups is 1. The standard InChI is InChI=1S/C31H41N5O3/c1-30(2,3)39-29(37)36-22-15-23(36)18-35(17-22)27-24-11-13-31(12-10-20-7-4-5-9-25(20)31)16-26(24)33-28(34-27)38-19-21-8-6-14-32-21/h4-5,7,9,21-23,32H,6,8,10-19H2,1-3H3/t21-,22?,23?,31?/m0/s1. The lowest BCUT2D eigenvalue weighted by molar-refractivity contribution is -0.0381. The fourth-order valence-electron chi connectivity index (χ4n) is 7.67. The molecule has 8 heteroatoms. The second kappa shape index (κ2) is 9.36. The maximum absolute atomic E-state index is 12.9. The van der Waals surface area contributed by atoms with Gasteiger partial charge in [0.25, 0.3) is 0 Å². The largest absolute Gasteiger partial charge is 0.462 e. The molecule has 1 spiro atoms. The molecule has 1 N–H and O–H groups in total. The molecular weight excluding hydrogens is 490 g/mol. The summed E-state index contributed by atoms with van der Waals surface area (Å²) in [6.07, 6.45) is 8.54. The van der Waals surface area contributed by atoms with Gasteiger partial charge in [-0.2, -0.15) is 9.97 Å². The number of amides is 1. The maximum atomic E-state index is 12.9. The van der Waals surface area contributed by atoms with Crippen LogP contribution in [0.3, 0.4) is 0 Å². The monoisotopic (exact) mass is 531 g/mol. The highest BCUT2D eigenvalue weighted by atomic mass is 16.6. The molecule has 4 aliphatic heterocycles. The number of rotatable bonds is 4. The second-order valence-electron chi connectivity index (χ2n) is 13.3. The number of carbonyl (C=O) groups excluding carboxylic acids is 1. The molecule has 1 amide bonds. The van der Waals surface area contributed by atoms with Gasteiger partial charge in [-0.1, -0.05) is 24.3 Å². The number of benzene rings is 1. The van der Waals surface area contributed by atoms with Crippen LogP contribution in [-0.4, -0.2) is 70.9 Å². The first-order valence-corrected chi connectivity index (χ1v) is 14.9. The highest BCUT2D eigenvalue weighted by Gasteiger charge is 2.50. The predicted octanol–water partition coefficient (Wildman–Crippen LogP) is 4.18. The molecule has 0 saturated carbocycles. The van der Waals surface area contributed by atoms with E-state index in [9.17, 15) is 4.79 Å². The van der Waals surface area contributed by atoms with Crippen molar-refractivity contribution in [3.8, 4) is 6.01 Å². The van der Waals surface area contributed by atoms with E-state index >= 15 is 0 Å². The van der Waals surface area contributed by atoms with E-state index in [0.717, 1.165) is 69.7 Å². The lowest BCUT2D eigenvalue weighted by Gasteiger charge is -2.56. The van der Waals surface area contributed by atoms with Crippen molar-refractivity contribution >= 4 is 11.9 Å². The number of ether oxygens (including phenoxy) is 2. The quantitative estimate of drug-likeness (QED) is 0.634. The summed E-state index contributed by atoms with van der Waals surface area (Å²) in [5, 5.41) is 3.52. The van der Waals surface area contributed by atoms with Crippen LogP contribution in [0.25, 0.3) is 0 Å². The van der Waals surface area contributed by atoms with Gasteiger partial charge in [0.05, 0.1) is 17.8 Å². The van der Waals surface area contributed by atoms with E-state index < -0.39 is 5.60 Å². The van der Waals surface area contributed by atoms with Gasteiger partial charge < -0.3 is 19.7 Å². The first-order valence-electron chi connectivity index (χ1n) is 14.9. The number of nitrogens with zero attached hydrogens (tertiary/aromatic N) is 4. The molecule has 1 aromatic heterocycles. The second-order valence-corrected chi connectivity index (χ2v) is 13.3. The van der Waals surface area contributed by atoms with Crippen molar-refractivity contribution in [3.05, 3.63) is 46.6 Å². The molecule has 3 unspecified atom stereocenters. The normalized spacial score (nSPS) is 29.2. The van der Waals surface area contributed by atoms with E-state index in [1.807, 2.05) is 25.7 Å². The minimum Gasteiger partial charge on any atom is -0.462 e. The summed E-state index contributed by atoms with van der Waals surface area (Å²) < 4.78 is 12.0. The average molecular weight is 532 g/mol. The Balaban J connectivity index is 1.17. The van der Waals surface area contributed by atoms with Crippen LogP contribution < -0.4 is 15.0 Å². The highest BCUT2D eigenvalue weighted by Crippen LogP contribution is 2.49. The summed E-state index contributed by atoms with van der Waals surface area (Å²) in [5.74, 6) is 1.02. The van der Waals surface area contributed by atoms with E-state index in [4.69, 9.17) is 19.4 Å². The van der Waals surface area contributed by atoms with E-state index in [-0.39, 0.29) is 23.6 Å². The molecule has 8 rings (SSSR count). The van der Waals surface area contributed by atoms with Crippen molar-refractivity contribution in [3.63, 3.8) is 0 Å². The Labute approximate surface area is 231 Å². The average Bonchev–Trinajstić information content (AvgIpc) is 3.54. The van der Waals surface area contributed by atoms with Crippen LogP contribution >= 0.6 is 0 Å². The van der Waals surface area contributed by atoms with Gasteiger partial charge in [-0.05, 0) is 89.8 Å². The van der Waals surface area contributed by atoms with Gasteiger partial charge in [0.2, 0.25) is 0 Å². The number of hydrogen-bond acceptors (Lipinski definition) is 7. The molecule has 0 radical (unpaired) electrons. The number of hydrogen-bond donors (Lipinski definition) is 1. The summed E-state index contributed by atoms with van der Waals surface area (Å²) in [5.41, 5.74) is 5.12. The third kappa shape index (κ3) is 4.54. The fourth-order valence-corrected chi connectivity index (χ4v) is 7.67. The first kappa shape index (κ1) is 25.1. The summed E-state index contributed by atoms with van der Waals surface area (Å²) in [6.45, 7) is 8.99. The van der Waals surface area contributed by atoms with Crippen molar-refractivity contribution in [2.75, 3.05) is 31.1 Å². The molecule has 4 atom stereocenters. The minimum absolute atomic E-state index is 0.160. The van der Waals surface area contributed by atoms with Crippen LogP contribution in [0.1, 0.15) is 75.3 Å². The minimum atomic E-state index is -0.485. The van der Waals surface area contributed by atoms with Crippen LogP contribution in [0.5, 0.6) is 6.01 Å². The zero-order valence-corrected chi connectivity index (χ0v) is 23.5. The Morgan fingerprint density at radius 1 is 1.13 bits per heavy atom. The van der Waals surface area contributed by atoms with E-state index in [1.54, 1.807) is 0 Å². The number of aryl methyl sites for hydroxylation is 1. The molecule has 8 nitrogen and oxygen atoms in total. The number of nitrogens with one attached hydrogen (secondary N) is 1. The smallest absolute Gasteiger partial charge is 0.410 e. The molecule has 2 aromatic rings. The van der Waals surface area contributed by atoms with Crippen molar-refractivity contribution in [2.24, 2.45) is 0 Å². The van der Waals surface area contributed by atoms with Gasteiger partial charge in [0.15, 0.2) is 0 Å². The van der Waals surface area contributed by atoms with Crippen LogP contribution in [-0.2, 0) is 29.4 Å². The molecule has 208 valence electrons. The predicted molar refractivity (Wildman–Crippen MR) is 149 cm³/mol. The van der Waals surface area contributed by atoms with Gasteiger partial charge in [-0.25, -0.2) is 4.79 Å². The molecule has 5 heterocycles. The number of aromatic nitrogens is 2. The van der Waals surface area contributed by atoms with Crippen LogP contribution in [0.2, 0.25) is 0 Å². The lowest BCUT2D eigenvalue weighted by Crippen LogP contribution is -2.70. The molecule has 2 aliphatic carbocycles. The lowest BCUT2D eigenvalue weighted by atomic mass is 9.69. The van der Waals surface area contributed by atoms with E-state index in [2.05, 4.69) is 34.5 Å². The van der Waals surface area contributed by atoms with Crippen LogP contribution in [0, 0.1) is 0 Å². The van der Waals surface area contributed by atoms with Crippen LogP contribution in [0.15, 0.2) is 24.3 Å². The van der Waals surface area contributed by atoms with Crippen LogP contribution in [0.4, 0.5) is 10.6 Å². The molecule has 2 bridgehead atoms. The maximum Gasteiger partial charge on any atom is 0.410 e. The molecular formula is C31H41N5O3. The van der Waals surface area contributed by atoms with Gasteiger partial charge in [0, 0.05) is 30.1 Å². The summed E-state index contributed by atoms with van der Waals surface area (Å²) >= 11 is 0. The molecule has 6 aliphatic rings. The Hall–Kier alpha value is -2.87. The zero-order valence-electron chi connectivity index (χ0n) is 23.5. The molecule has 1 aromatic carbocycles. The highest BCUT2D eigenvalue weighted by molar-refractivity contribution is 5.71. The Morgan fingerprint density at radius 2 is 1.92 bits per heavy atom. The summed E-state index contributed by atoms with van der Waals surface area (Å²) in [6, 6.07) is 10.2. The SMILES string of the molecule is CC(C)(C)OC(=O)N1C2CC1CN(c1nc(OC[C@@H]3CCCN3)nc3c1CCC1(CCc4ccccc41)C3)C2. The van der Waals surface area contributed by atoms with Crippen molar-refractivity contribution in [2.45, 2.75) is 101 Å². The Kier molecular flexibility index (Phi) is 6.03. The third-order valence-corrected chi connectivity index (χ3v) is 9.54. The zero-order chi connectivity index (χ0) is 26.8.